The summed E-state index contributed by atoms with van der Waals surface area (Å²) in [6, 6.07) is 0.747. The molecular formula is C16H29N3O2S. The van der Waals surface area contributed by atoms with Crippen molar-refractivity contribution in [3.05, 3.63) is 0 Å². The zero-order valence-corrected chi connectivity index (χ0v) is 14.6. The minimum absolute atomic E-state index is 0.656. The summed E-state index contributed by atoms with van der Waals surface area (Å²) in [4.78, 5) is 2.63. The van der Waals surface area contributed by atoms with Gasteiger partial charge in [0.25, 0.3) is 10.2 Å². The molecule has 5 aliphatic rings. The van der Waals surface area contributed by atoms with Crippen LogP contribution < -0.4 is 0 Å². The van der Waals surface area contributed by atoms with Crippen LogP contribution >= 0.6 is 0 Å². The SMILES string of the molecule is CN(C)S(=O)(=O)N1CCN(C2C3CC4CC(C3)CC2C4)CC1. The van der Waals surface area contributed by atoms with Gasteiger partial charge in [0.1, 0.15) is 0 Å². The van der Waals surface area contributed by atoms with Crippen molar-refractivity contribution < 1.29 is 8.42 Å². The highest BCUT2D eigenvalue weighted by Gasteiger charge is 2.50. The molecule has 4 bridgehead atoms. The van der Waals surface area contributed by atoms with Crippen LogP contribution in [0.5, 0.6) is 0 Å². The van der Waals surface area contributed by atoms with E-state index in [4.69, 9.17) is 0 Å². The van der Waals surface area contributed by atoms with Gasteiger partial charge in [-0.3, -0.25) is 4.90 Å². The normalized spacial score (nSPS) is 43.1. The Morgan fingerprint density at radius 3 is 1.77 bits per heavy atom. The Kier molecular flexibility index (Phi) is 3.79. The fourth-order valence-corrected chi connectivity index (χ4v) is 7.04. The van der Waals surface area contributed by atoms with Crippen LogP contribution in [0.3, 0.4) is 0 Å². The zero-order valence-electron chi connectivity index (χ0n) is 13.8. The van der Waals surface area contributed by atoms with Crippen molar-refractivity contribution in [3.63, 3.8) is 0 Å². The minimum atomic E-state index is -3.23. The van der Waals surface area contributed by atoms with Crippen LogP contribution in [-0.4, -0.2) is 68.2 Å². The van der Waals surface area contributed by atoms with Crippen LogP contribution in [0, 0.1) is 23.7 Å². The first-order valence-corrected chi connectivity index (χ1v) is 10.3. The maximum Gasteiger partial charge on any atom is 0.281 e. The lowest BCUT2D eigenvalue weighted by atomic mass is 9.54. The maximum absolute atomic E-state index is 12.2. The molecule has 0 N–H and O–H groups in total. The number of hydrogen-bond donors (Lipinski definition) is 0. The Hall–Kier alpha value is -0.170. The summed E-state index contributed by atoms with van der Waals surface area (Å²) in [6.45, 7) is 3.15. The van der Waals surface area contributed by atoms with Gasteiger partial charge in [0.2, 0.25) is 0 Å². The molecule has 0 aromatic carbocycles. The molecule has 4 saturated carbocycles. The molecular weight excluding hydrogens is 298 g/mol. The number of hydrogen-bond acceptors (Lipinski definition) is 3. The van der Waals surface area contributed by atoms with E-state index in [1.807, 2.05) is 0 Å². The van der Waals surface area contributed by atoms with Crippen LogP contribution in [0.15, 0.2) is 0 Å². The van der Waals surface area contributed by atoms with Gasteiger partial charge in [-0.15, -0.1) is 0 Å². The lowest BCUT2D eigenvalue weighted by molar-refractivity contribution is -0.0722. The average Bonchev–Trinajstić information content (AvgIpc) is 2.46. The first-order valence-electron chi connectivity index (χ1n) is 8.87. The van der Waals surface area contributed by atoms with Gasteiger partial charge < -0.3 is 0 Å². The van der Waals surface area contributed by atoms with E-state index in [0.717, 1.165) is 42.8 Å². The van der Waals surface area contributed by atoms with Crippen LogP contribution in [-0.2, 0) is 10.2 Å². The molecule has 0 atom stereocenters. The van der Waals surface area contributed by atoms with E-state index in [1.54, 1.807) is 18.4 Å². The summed E-state index contributed by atoms with van der Waals surface area (Å²) >= 11 is 0. The molecule has 22 heavy (non-hydrogen) atoms. The van der Waals surface area contributed by atoms with E-state index < -0.39 is 10.2 Å². The third kappa shape index (κ3) is 2.43. The van der Waals surface area contributed by atoms with E-state index in [2.05, 4.69) is 4.90 Å². The van der Waals surface area contributed by atoms with Crippen molar-refractivity contribution in [2.24, 2.45) is 23.7 Å². The van der Waals surface area contributed by atoms with E-state index in [0.29, 0.717) is 13.1 Å². The lowest BCUT2D eigenvalue weighted by Crippen LogP contribution is -2.61. The van der Waals surface area contributed by atoms with Crippen molar-refractivity contribution >= 4 is 10.2 Å². The average molecular weight is 327 g/mol. The number of rotatable bonds is 3. The molecule has 0 spiro atoms. The molecule has 0 unspecified atom stereocenters. The van der Waals surface area contributed by atoms with Crippen LogP contribution in [0.25, 0.3) is 0 Å². The van der Waals surface area contributed by atoms with E-state index >= 15 is 0 Å². The van der Waals surface area contributed by atoms with Crippen LogP contribution in [0.2, 0.25) is 0 Å². The lowest BCUT2D eigenvalue weighted by Gasteiger charge is -2.58. The predicted molar refractivity (Wildman–Crippen MR) is 86.6 cm³/mol. The third-order valence-electron chi connectivity index (χ3n) is 6.66. The predicted octanol–water partition coefficient (Wildman–Crippen LogP) is 1.24. The molecule has 1 saturated heterocycles. The number of piperazine rings is 1. The van der Waals surface area contributed by atoms with Gasteiger partial charge in [-0.25, -0.2) is 0 Å². The van der Waals surface area contributed by atoms with Gasteiger partial charge in [0.05, 0.1) is 0 Å². The maximum atomic E-state index is 12.2. The molecule has 4 aliphatic carbocycles. The van der Waals surface area contributed by atoms with Crippen LogP contribution in [0.1, 0.15) is 32.1 Å². The Morgan fingerprint density at radius 2 is 1.32 bits per heavy atom. The van der Waals surface area contributed by atoms with Crippen molar-refractivity contribution in [3.8, 4) is 0 Å². The molecule has 5 nitrogen and oxygen atoms in total. The summed E-state index contributed by atoms with van der Waals surface area (Å²) in [7, 11) is 0.0146. The van der Waals surface area contributed by atoms with Crippen LogP contribution in [0.4, 0.5) is 0 Å². The second kappa shape index (κ2) is 5.43. The highest BCUT2D eigenvalue weighted by Crippen LogP contribution is 2.55. The second-order valence-corrected chi connectivity index (χ2v) is 10.3. The summed E-state index contributed by atoms with van der Waals surface area (Å²) in [5, 5.41) is 0. The number of nitrogens with zero attached hydrogens (tertiary/aromatic N) is 3. The molecule has 5 rings (SSSR count). The molecule has 126 valence electrons. The Labute approximate surface area is 134 Å². The van der Waals surface area contributed by atoms with Crippen molar-refractivity contribution in [2.45, 2.75) is 38.1 Å². The molecule has 0 aromatic heterocycles. The second-order valence-electron chi connectivity index (χ2n) is 8.15. The van der Waals surface area contributed by atoms with E-state index in [-0.39, 0.29) is 0 Å². The van der Waals surface area contributed by atoms with Crippen molar-refractivity contribution in [1.82, 2.24) is 13.5 Å². The first kappa shape index (κ1) is 15.4. The van der Waals surface area contributed by atoms with Gasteiger partial charge >= 0.3 is 0 Å². The highest BCUT2D eigenvalue weighted by molar-refractivity contribution is 7.86. The summed E-state index contributed by atoms with van der Waals surface area (Å²) in [6.07, 6.45) is 7.25. The Balaban J connectivity index is 1.42. The van der Waals surface area contributed by atoms with Gasteiger partial charge in [-0.2, -0.15) is 17.0 Å². The van der Waals surface area contributed by atoms with Gasteiger partial charge in [-0.05, 0) is 55.8 Å². The summed E-state index contributed by atoms with van der Waals surface area (Å²) < 4.78 is 27.5. The fourth-order valence-electron chi connectivity index (χ4n) is 5.96. The molecule has 0 aromatic rings. The topological polar surface area (TPSA) is 43.9 Å². The molecule has 6 heteroatoms. The van der Waals surface area contributed by atoms with E-state index in [1.165, 1.54) is 36.4 Å². The van der Waals surface area contributed by atoms with Gasteiger partial charge in [0, 0.05) is 46.3 Å². The highest BCUT2D eigenvalue weighted by atomic mass is 32.2. The molecule has 5 fully saturated rings. The molecule has 1 heterocycles. The van der Waals surface area contributed by atoms with Crippen molar-refractivity contribution in [1.29, 1.82) is 0 Å². The quantitative estimate of drug-likeness (QED) is 0.783. The molecule has 0 amide bonds. The fraction of sp³-hybridized carbons (Fsp3) is 1.00. The standard InChI is InChI=1S/C16H29N3O2S/c1-17(2)22(20,21)19-5-3-18(4-6-19)16-14-8-12-7-13(10-14)11-15(16)9-12/h12-16H,3-11H2,1-2H3. The minimum Gasteiger partial charge on any atom is -0.297 e. The van der Waals surface area contributed by atoms with Gasteiger partial charge in [-0.1, -0.05) is 0 Å². The van der Waals surface area contributed by atoms with Crippen molar-refractivity contribution in [2.75, 3.05) is 40.3 Å². The van der Waals surface area contributed by atoms with Gasteiger partial charge in [0.15, 0.2) is 0 Å². The van der Waals surface area contributed by atoms with E-state index in [9.17, 15) is 8.42 Å². The smallest absolute Gasteiger partial charge is 0.281 e. The first-order chi connectivity index (χ1) is 10.4. The largest absolute Gasteiger partial charge is 0.297 e. The Morgan fingerprint density at radius 1 is 0.818 bits per heavy atom. The molecule has 1 aliphatic heterocycles. The zero-order chi connectivity index (χ0) is 15.5. The summed E-state index contributed by atoms with van der Waals surface area (Å²) in [5.41, 5.74) is 0. The monoisotopic (exact) mass is 327 g/mol. The third-order valence-corrected chi connectivity index (χ3v) is 8.60. The Bertz CT molecular complexity index is 498. The molecule has 0 radical (unpaired) electrons. The summed E-state index contributed by atoms with van der Waals surface area (Å²) in [5.74, 6) is 3.81.